The second kappa shape index (κ2) is 9.13. The number of benzene rings is 2. The highest BCUT2D eigenvalue weighted by molar-refractivity contribution is 5.85. The number of hydrogen-bond donors (Lipinski definition) is 1. The van der Waals surface area contributed by atoms with E-state index in [9.17, 15) is 9.59 Å². The van der Waals surface area contributed by atoms with Gasteiger partial charge in [-0.25, -0.2) is 0 Å². The zero-order valence-corrected chi connectivity index (χ0v) is 17.5. The second-order valence-electron chi connectivity index (χ2n) is 8.27. The number of rotatable bonds is 7. The summed E-state index contributed by atoms with van der Waals surface area (Å²) in [5, 5.41) is 0. The molecule has 158 valence electrons. The van der Waals surface area contributed by atoms with Crippen molar-refractivity contribution in [2.75, 3.05) is 13.1 Å². The van der Waals surface area contributed by atoms with Crippen molar-refractivity contribution < 1.29 is 9.59 Å². The molecule has 2 N–H and O–H groups in total. The molecule has 1 aromatic heterocycles. The highest BCUT2D eigenvalue weighted by atomic mass is 16.2. The zero-order valence-electron chi connectivity index (χ0n) is 17.5. The highest BCUT2D eigenvalue weighted by Crippen LogP contribution is 2.37. The molecule has 0 radical (unpaired) electrons. The van der Waals surface area contributed by atoms with Crippen LogP contribution in [0.2, 0.25) is 0 Å². The summed E-state index contributed by atoms with van der Waals surface area (Å²) in [5.41, 5.74) is 9.40. The normalized spacial score (nSPS) is 18.1. The monoisotopic (exact) mass is 413 g/mol. The topological polar surface area (TPSA) is 76.3 Å². The molecule has 3 aromatic rings. The Bertz CT molecular complexity index is 1050. The molecule has 0 bridgehead atoms. The van der Waals surface area contributed by atoms with E-state index in [0.717, 1.165) is 22.3 Å². The molecule has 0 unspecified atom stereocenters. The summed E-state index contributed by atoms with van der Waals surface area (Å²) in [4.78, 5) is 31.5. The number of pyridine rings is 1. The lowest BCUT2D eigenvalue weighted by Gasteiger charge is -2.27. The molecule has 2 amide bonds. The van der Waals surface area contributed by atoms with Crippen molar-refractivity contribution >= 4 is 11.8 Å². The van der Waals surface area contributed by atoms with E-state index in [0.29, 0.717) is 38.8 Å². The number of primary amides is 1. The van der Waals surface area contributed by atoms with Gasteiger partial charge in [-0.2, -0.15) is 0 Å². The van der Waals surface area contributed by atoms with Gasteiger partial charge in [0.1, 0.15) is 0 Å². The molecule has 1 aliphatic heterocycles. The minimum atomic E-state index is -0.749. The Balaban J connectivity index is 1.50. The second-order valence-corrected chi connectivity index (χ2v) is 8.27. The van der Waals surface area contributed by atoms with Crippen molar-refractivity contribution in [3.8, 4) is 11.1 Å². The first-order valence-electron chi connectivity index (χ1n) is 10.7. The molecule has 2 heterocycles. The number of aryl methyl sites for hydroxylation is 1. The van der Waals surface area contributed by atoms with E-state index in [1.807, 2.05) is 72.9 Å². The van der Waals surface area contributed by atoms with Crippen LogP contribution in [0.1, 0.15) is 24.0 Å². The van der Waals surface area contributed by atoms with Gasteiger partial charge in [0.2, 0.25) is 11.8 Å². The Morgan fingerprint density at radius 1 is 1.00 bits per heavy atom. The van der Waals surface area contributed by atoms with E-state index >= 15 is 0 Å². The van der Waals surface area contributed by atoms with Gasteiger partial charge in [-0.3, -0.25) is 14.6 Å². The highest BCUT2D eigenvalue weighted by Gasteiger charge is 2.44. The van der Waals surface area contributed by atoms with E-state index < -0.39 is 5.41 Å². The van der Waals surface area contributed by atoms with Crippen LogP contribution in [0.3, 0.4) is 0 Å². The third-order valence-electron chi connectivity index (χ3n) is 6.22. The number of nitrogens with two attached hydrogens (primary N) is 1. The zero-order chi connectivity index (χ0) is 21.7. The summed E-state index contributed by atoms with van der Waals surface area (Å²) < 4.78 is 0. The van der Waals surface area contributed by atoms with Gasteiger partial charge in [0.25, 0.3) is 0 Å². The molecule has 2 aromatic carbocycles. The Hall–Kier alpha value is -3.47. The molecule has 4 rings (SSSR count). The van der Waals surface area contributed by atoms with Crippen LogP contribution in [-0.4, -0.2) is 34.8 Å². The quantitative estimate of drug-likeness (QED) is 0.643. The first kappa shape index (κ1) is 20.8. The van der Waals surface area contributed by atoms with Crippen molar-refractivity contribution in [1.82, 2.24) is 9.88 Å². The summed E-state index contributed by atoms with van der Waals surface area (Å²) in [6.07, 6.45) is 5.79. The van der Waals surface area contributed by atoms with Crippen LogP contribution in [0.4, 0.5) is 0 Å². The minimum absolute atomic E-state index is 0.0764. The molecule has 1 saturated heterocycles. The number of nitrogens with zero attached hydrogens (tertiary/aromatic N) is 2. The summed E-state index contributed by atoms with van der Waals surface area (Å²) in [6.45, 7) is 0.933. The predicted molar refractivity (Wildman–Crippen MR) is 121 cm³/mol. The van der Waals surface area contributed by atoms with E-state index in [2.05, 4.69) is 4.98 Å². The lowest BCUT2D eigenvalue weighted by atomic mass is 9.78. The maximum atomic E-state index is 12.8. The lowest BCUT2D eigenvalue weighted by Crippen LogP contribution is -2.42. The molecule has 31 heavy (non-hydrogen) atoms. The van der Waals surface area contributed by atoms with Crippen LogP contribution in [-0.2, 0) is 22.4 Å². The number of carbonyl (C=O) groups is 2. The number of likely N-dealkylation sites (tertiary alicyclic amines) is 1. The van der Waals surface area contributed by atoms with E-state index in [1.54, 1.807) is 11.1 Å². The van der Waals surface area contributed by atoms with Gasteiger partial charge in [0.05, 0.1) is 5.41 Å². The third-order valence-corrected chi connectivity index (χ3v) is 6.22. The largest absolute Gasteiger partial charge is 0.369 e. The minimum Gasteiger partial charge on any atom is -0.369 e. The lowest BCUT2D eigenvalue weighted by molar-refractivity contribution is -0.132. The van der Waals surface area contributed by atoms with Crippen LogP contribution >= 0.6 is 0 Å². The molecular formula is C26H27N3O2. The van der Waals surface area contributed by atoms with Crippen molar-refractivity contribution in [2.24, 2.45) is 11.1 Å². The number of amides is 2. The SMILES string of the molecule is NC(=O)[C@@]1(Cc2ccccc2-c2cccnc2)CCN(C(=O)CCc2ccccc2)C1. The van der Waals surface area contributed by atoms with Crippen LogP contribution in [0.5, 0.6) is 0 Å². The smallest absolute Gasteiger partial charge is 0.225 e. The molecule has 5 nitrogen and oxygen atoms in total. The molecule has 0 spiro atoms. The molecular weight excluding hydrogens is 386 g/mol. The van der Waals surface area contributed by atoms with Crippen molar-refractivity contribution in [2.45, 2.75) is 25.7 Å². The fourth-order valence-electron chi connectivity index (χ4n) is 4.41. The van der Waals surface area contributed by atoms with Gasteiger partial charge >= 0.3 is 0 Å². The van der Waals surface area contributed by atoms with Crippen molar-refractivity contribution in [1.29, 1.82) is 0 Å². The molecule has 0 aliphatic carbocycles. The number of aromatic nitrogens is 1. The Labute approximate surface area is 182 Å². The summed E-state index contributed by atoms with van der Waals surface area (Å²) in [7, 11) is 0. The fourth-order valence-corrected chi connectivity index (χ4v) is 4.41. The standard InChI is InChI=1S/C26H27N3O2/c27-25(31)26(17-21-9-4-5-11-23(21)22-10-6-15-28-18-22)14-16-29(19-26)24(30)13-12-20-7-2-1-3-8-20/h1-11,15,18H,12-14,16-17,19H2,(H2,27,31)/t26-/m1/s1. The van der Waals surface area contributed by atoms with Gasteiger partial charge in [-0.15, -0.1) is 0 Å². The first-order valence-corrected chi connectivity index (χ1v) is 10.7. The average molecular weight is 414 g/mol. The Kier molecular flexibility index (Phi) is 6.12. The van der Waals surface area contributed by atoms with Gasteiger partial charge in [-0.1, -0.05) is 60.7 Å². The number of hydrogen-bond acceptors (Lipinski definition) is 3. The van der Waals surface area contributed by atoms with E-state index in [1.165, 1.54) is 0 Å². The van der Waals surface area contributed by atoms with Gasteiger partial charge in [0, 0.05) is 37.5 Å². The van der Waals surface area contributed by atoms with Crippen LogP contribution < -0.4 is 5.73 Å². The summed E-state index contributed by atoms with van der Waals surface area (Å²) in [6, 6.07) is 21.9. The maximum Gasteiger partial charge on any atom is 0.225 e. The number of carbonyl (C=O) groups excluding carboxylic acids is 2. The fraction of sp³-hybridized carbons (Fsp3) is 0.269. The molecule has 5 heteroatoms. The molecule has 1 aliphatic rings. The Morgan fingerprint density at radius 2 is 1.77 bits per heavy atom. The van der Waals surface area contributed by atoms with Gasteiger partial charge in [-0.05, 0) is 42.0 Å². The van der Waals surface area contributed by atoms with Crippen molar-refractivity contribution in [3.63, 3.8) is 0 Å². The first-order chi connectivity index (χ1) is 15.1. The maximum absolute atomic E-state index is 12.8. The van der Waals surface area contributed by atoms with Gasteiger partial charge < -0.3 is 10.6 Å². The molecule has 0 saturated carbocycles. The Morgan fingerprint density at radius 3 is 2.52 bits per heavy atom. The van der Waals surface area contributed by atoms with Crippen LogP contribution in [0.25, 0.3) is 11.1 Å². The predicted octanol–water partition coefficient (Wildman–Crippen LogP) is 3.63. The summed E-state index contributed by atoms with van der Waals surface area (Å²) in [5.74, 6) is -0.264. The van der Waals surface area contributed by atoms with Crippen LogP contribution in [0, 0.1) is 5.41 Å². The van der Waals surface area contributed by atoms with E-state index in [4.69, 9.17) is 5.73 Å². The van der Waals surface area contributed by atoms with E-state index in [-0.39, 0.29) is 11.8 Å². The third kappa shape index (κ3) is 4.66. The van der Waals surface area contributed by atoms with Gasteiger partial charge in [0.15, 0.2) is 0 Å². The van der Waals surface area contributed by atoms with Crippen molar-refractivity contribution in [3.05, 3.63) is 90.3 Å². The van der Waals surface area contributed by atoms with Crippen LogP contribution in [0.15, 0.2) is 79.1 Å². The summed E-state index contributed by atoms with van der Waals surface area (Å²) >= 11 is 0. The molecule has 1 fully saturated rings. The average Bonchev–Trinajstić information content (AvgIpc) is 3.25. The molecule has 1 atom stereocenters.